The standard InChI is InChI=1S/C19H23NO4/c1-4-6-17(24-15-8-5-7-14(20)12-15)19(21)13-9-10-16(22-2)18(11-13)23-3/h5,7-12,17H,4,6,20H2,1-3H3. The van der Waals surface area contributed by atoms with Gasteiger partial charge in [-0.3, -0.25) is 4.79 Å². The Hall–Kier alpha value is -2.69. The van der Waals surface area contributed by atoms with Crippen LogP contribution < -0.4 is 19.9 Å². The van der Waals surface area contributed by atoms with E-state index in [4.69, 9.17) is 19.9 Å². The Bertz CT molecular complexity index is 700. The first-order valence-electron chi connectivity index (χ1n) is 7.87. The van der Waals surface area contributed by atoms with Gasteiger partial charge in [0.25, 0.3) is 0 Å². The molecule has 0 fully saturated rings. The van der Waals surface area contributed by atoms with Crippen LogP contribution in [0, 0.1) is 0 Å². The van der Waals surface area contributed by atoms with E-state index in [1.165, 1.54) is 0 Å². The molecule has 2 N–H and O–H groups in total. The van der Waals surface area contributed by atoms with Crippen molar-refractivity contribution < 1.29 is 19.0 Å². The second-order valence-corrected chi connectivity index (χ2v) is 5.40. The molecule has 0 amide bonds. The van der Waals surface area contributed by atoms with E-state index >= 15 is 0 Å². The van der Waals surface area contributed by atoms with Crippen molar-refractivity contribution in [1.82, 2.24) is 0 Å². The second kappa shape index (κ2) is 8.24. The highest BCUT2D eigenvalue weighted by Gasteiger charge is 2.22. The number of carbonyl (C=O) groups is 1. The lowest BCUT2D eigenvalue weighted by atomic mass is 10.0. The molecular formula is C19H23NO4. The third-order valence-electron chi connectivity index (χ3n) is 3.65. The average Bonchev–Trinajstić information content (AvgIpc) is 2.60. The number of nitrogen functional groups attached to an aromatic ring is 1. The molecule has 5 nitrogen and oxygen atoms in total. The summed E-state index contributed by atoms with van der Waals surface area (Å²) in [6, 6.07) is 12.2. The molecule has 0 aliphatic carbocycles. The first kappa shape index (κ1) is 17.7. The van der Waals surface area contributed by atoms with Gasteiger partial charge in [0.2, 0.25) is 5.78 Å². The number of hydrogen-bond acceptors (Lipinski definition) is 5. The SMILES string of the molecule is CCCC(Oc1cccc(N)c1)C(=O)c1ccc(OC)c(OC)c1. The zero-order chi connectivity index (χ0) is 17.5. The number of carbonyl (C=O) groups excluding carboxylic acids is 1. The van der Waals surface area contributed by atoms with E-state index in [9.17, 15) is 4.79 Å². The number of benzene rings is 2. The first-order valence-corrected chi connectivity index (χ1v) is 7.87. The molecule has 0 aliphatic rings. The predicted octanol–water partition coefficient (Wildman–Crippen LogP) is 3.72. The summed E-state index contributed by atoms with van der Waals surface area (Å²) in [5, 5.41) is 0. The third-order valence-corrected chi connectivity index (χ3v) is 3.65. The quantitative estimate of drug-likeness (QED) is 0.590. The van der Waals surface area contributed by atoms with Crippen LogP contribution in [0.2, 0.25) is 0 Å². The largest absolute Gasteiger partial charge is 0.493 e. The van der Waals surface area contributed by atoms with Crippen molar-refractivity contribution in [3.63, 3.8) is 0 Å². The number of hydrogen-bond donors (Lipinski definition) is 1. The number of ether oxygens (including phenoxy) is 3. The van der Waals surface area contributed by atoms with Gasteiger partial charge < -0.3 is 19.9 Å². The summed E-state index contributed by atoms with van der Waals surface area (Å²) >= 11 is 0. The Kier molecular flexibility index (Phi) is 6.07. The van der Waals surface area contributed by atoms with Gasteiger partial charge in [-0.05, 0) is 36.8 Å². The zero-order valence-corrected chi connectivity index (χ0v) is 14.2. The van der Waals surface area contributed by atoms with Crippen molar-refractivity contribution in [3.8, 4) is 17.2 Å². The number of ketones is 1. The maximum atomic E-state index is 12.8. The van der Waals surface area contributed by atoms with Gasteiger partial charge in [0, 0.05) is 17.3 Å². The van der Waals surface area contributed by atoms with Gasteiger partial charge in [-0.1, -0.05) is 19.4 Å². The van der Waals surface area contributed by atoms with Crippen LogP contribution in [0.5, 0.6) is 17.2 Å². The monoisotopic (exact) mass is 329 g/mol. The zero-order valence-electron chi connectivity index (χ0n) is 14.2. The van der Waals surface area contributed by atoms with E-state index in [1.54, 1.807) is 56.7 Å². The molecule has 0 aliphatic heterocycles. The fourth-order valence-corrected chi connectivity index (χ4v) is 2.43. The summed E-state index contributed by atoms with van der Waals surface area (Å²) in [5.74, 6) is 1.59. The van der Waals surface area contributed by atoms with Crippen LogP contribution in [0.15, 0.2) is 42.5 Å². The van der Waals surface area contributed by atoms with E-state index < -0.39 is 6.10 Å². The minimum Gasteiger partial charge on any atom is -0.493 e. The molecule has 0 aromatic heterocycles. The van der Waals surface area contributed by atoms with Crippen molar-refractivity contribution in [2.45, 2.75) is 25.9 Å². The summed E-state index contributed by atoms with van der Waals surface area (Å²) in [6.45, 7) is 2.01. The van der Waals surface area contributed by atoms with Crippen LogP contribution in [0.1, 0.15) is 30.1 Å². The molecule has 1 atom stereocenters. The van der Waals surface area contributed by atoms with Crippen LogP contribution in [-0.4, -0.2) is 26.1 Å². The molecule has 0 bridgehead atoms. The van der Waals surface area contributed by atoms with Gasteiger partial charge in [-0.25, -0.2) is 0 Å². The lowest BCUT2D eigenvalue weighted by molar-refractivity contribution is 0.0777. The molecular weight excluding hydrogens is 306 g/mol. The van der Waals surface area contributed by atoms with Crippen molar-refractivity contribution in [1.29, 1.82) is 0 Å². The smallest absolute Gasteiger partial charge is 0.203 e. The molecule has 24 heavy (non-hydrogen) atoms. The van der Waals surface area contributed by atoms with E-state index in [2.05, 4.69) is 0 Å². The Labute approximate surface area is 142 Å². The maximum absolute atomic E-state index is 12.8. The first-order chi connectivity index (χ1) is 11.6. The van der Waals surface area contributed by atoms with E-state index in [-0.39, 0.29) is 5.78 Å². The van der Waals surface area contributed by atoms with Crippen molar-refractivity contribution >= 4 is 11.5 Å². The summed E-state index contributed by atoms with van der Waals surface area (Å²) in [5.41, 5.74) is 6.89. The summed E-state index contributed by atoms with van der Waals surface area (Å²) in [7, 11) is 3.10. The molecule has 2 aromatic rings. The third kappa shape index (κ3) is 4.19. The number of Topliss-reactive ketones (excluding diaryl/α,β-unsaturated/α-hetero) is 1. The number of methoxy groups -OCH3 is 2. The normalized spacial score (nSPS) is 11.6. The van der Waals surface area contributed by atoms with Gasteiger partial charge >= 0.3 is 0 Å². The summed E-state index contributed by atoms with van der Waals surface area (Å²) < 4.78 is 16.4. The van der Waals surface area contributed by atoms with Crippen LogP contribution in [0.25, 0.3) is 0 Å². The van der Waals surface area contributed by atoms with Gasteiger partial charge in [0.15, 0.2) is 17.6 Å². The van der Waals surface area contributed by atoms with Crippen LogP contribution in [0.3, 0.4) is 0 Å². The van der Waals surface area contributed by atoms with Gasteiger partial charge in [0.05, 0.1) is 14.2 Å². The summed E-state index contributed by atoms with van der Waals surface area (Å²) in [4.78, 5) is 12.8. The van der Waals surface area contributed by atoms with Gasteiger partial charge in [-0.2, -0.15) is 0 Å². The van der Waals surface area contributed by atoms with Crippen molar-refractivity contribution in [2.75, 3.05) is 20.0 Å². The Morgan fingerprint density at radius 2 is 1.83 bits per heavy atom. The second-order valence-electron chi connectivity index (χ2n) is 5.40. The Balaban J connectivity index is 2.25. The minimum absolute atomic E-state index is 0.0970. The predicted molar refractivity (Wildman–Crippen MR) is 94.1 cm³/mol. The highest BCUT2D eigenvalue weighted by atomic mass is 16.5. The van der Waals surface area contributed by atoms with Gasteiger partial charge in [-0.15, -0.1) is 0 Å². The molecule has 5 heteroatoms. The molecule has 0 saturated carbocycles. The minimum atomic E-state index is -0.574. The maximum Gasteiger partial charge on any atom is 0.203 e. The molecule has 0 spiro atoms. The fraction of sp³-hybridized carbons (Fsp3) is 0.316. The van der Waals surface area contributed by atoms with Crippen LogP contribution in [-0.2, 0) is 0 Å². The molecule has 0 heterocycles. The lowest BCUT2D eigenvalue weighted by Crippen LogP contribution is -2.27. The molecule has 0 radical (unpaired) electrons. The lowest BCUT2D eigenvalue weighted by Gasteiger charge is -2.18. The van der Waals surface area contributed by atoms with E-state index in [0.717, 1.165) is 6.42 Å². The average molecular weight is 329 g/mol. The van der Waals surface area contributed by atoms with Gasteiger partial charge in [0.1, 0.15) is 5.75 Å². The van der Waals surface area contributed by atoms with E-state index in [0.29, 0.717) is 34.9 Å². The van der Waals surface area contributed by atoms with Crippen molar-refractivity contribution in [3.05, 3.63) is 48.0 Å². The van der Waals surface area contributed by atoms with Crippen LogP contribution in [0.4, 0.5) is 5.69 Å². The summed E-state index contributed by atoms with van der Waals surface area (Å²) in [6.07, 6.45) is 0.864. The molecule has 0 saturated heterocycles. The highest BCUT2D eigenvalue weighted by molar-refractivity contribution is 6.00. The van der Waals surface area contributed by atoms with Crippen LogP contribution >= 0.6 is 0 Å². The number of nitrogens with two attached hydrogens (primary N) is 1. The Morgan fingerprint density at radius 1 is 1.08 bits per heavy atom. The highest BCUT2D eigenvalue weighted by Crippen LogP contribution is 2.29. The number of rotatable bonds is 8. The molecule has 128 valence electrons. The van der Waals surface area contributed by atoms with Crippen molar-refractivity contribution in [2.24, 2.45) is 0 Å². The fourth-order valence-electron chi connectivity index (χ4n) is 2.43. The van der Waals surface area contributed by atoms with E-state index in [1.807, 2.05) is 6.92 Å². The molecule has 2 aromatic carbocycles. The molecule has 1 unspecified atom stereocenters. The Morgan fingerprint density at radius 3 is 2.46 bits per heavy atom. The topological polar surface area (TPSA) is 70.8 Å². The number of anilines is 1. The molecule has 2 rings (SSSR count).